The average Bonchev–Trinajstić information content (AvgIpc) is 1.69. The van der Waals surface area contributed by atoms with E-state index in [1.165, 1.54) is 12.3 Å². The molecule has 3 heteroatoms. The van der Waals surface area contributed by atoms with Gasteiger partial charge in [-0.3, -0.25) is 9.79 Å². The minimum absolute atomic E-state index is 0. The van der Waals surface area contributed by atoms with E-state index in [4.69, 9.17) is 0 Å². The standard InChI is InChI=1S/C5H5NO.H3N/c7-5-1-3-6-4-2-5;/h1,3-4H,2H2;1H3. The lowest BCUT2D eigenvalue weighted by Gasteiger charge is -1.88. The second kappa shape index (κ2) is 3.10. The number of aliphatic imine (C=N–C) groups is 1. The Balaban J connectivity index is 0.000000490. The van der Waals surface area contributed by atoms with Gasteiger partial charge in [-0.05, 0) is 6.08 Å². The van der Waals surface area contributed by atoms with Gasteiger partial charge < -0.3 is 6.15 Å². The van der Waals surface area contributed by atoms with E-state index in [2.05, 4.69) is 4.99 Å². The third-order valence-corrected chi connectivity index (χ3v) is 0.744. The lowest BCUT2D eigenvalue weighted by Crippen LogP contribution is -1.95. The molecule has 1 aliphatic heterocycles. The van der Waals surface area contributed by atoms with Crippen molar-refractivity contribution in [1.82, 2.24) is 6.15 Å². The molecule has 0 aromatic rings. The summed E-state index contributed by atoms with van der Waals surface area (Å²) < 4.78 is 0. The van der Waals surface area contributed by atoms with Gasteiger partial charge in [0.15, 0.2) is 5.78 Å². The molecule has 1 aliphatic rings. The Morgan fingerprint density at radius 3 is 2.62 bits per heavy atom. The van der Waals surface area contributed by atoms with Gasteiger partial charge in [0.2, 0.25) is 0 Å². The van der Waals surface area contributed by atoms with Crippen molar-refractivity contribution in [2.45, 2.75) is 6.42 Å². The second-order valence-corrected chi connectivity index (χ2v) is 1.32. The van der Waals surface area contributed by atoms with Crippen LogP contribution in [-0.4, -0.2) is 12.0 Å². The molecule has 0 saturated heterocycles. The van der Waals surface area contributed by atoms with Crippen molar-refractivity contribution in [3.8, 4) is 0 Å². The molecule has 0 atom stereocenters. The van der Waals surface area contributed by atoms with Gasteiger partial charge >= 0.3 is 0 Å². The Labute approximate surface area is 47.7 Å². The molecule has 1 heterocycles. The normalized spacial score (nSPS) is 15.8. The van der Waals surface area contributed by atoms with E-state index >= 15 is 0 Å². The first kappa shape index (κ1) is 7.04. The number of carbonyl (C=O) groups excluding carboxylic acids is 1. The predicted octanol–water partition coefficient (Wildman–Crippen LogP) is 0.706. The van der Waals surface area contributed by atoms with Crippen molar-refractivity contribution in [1.29, 1.82) is 0 Å². The molecule has 0 bridgehead atoms. The summed E-state index contributed by atoms with van der Waals surface area (Å²) >= 11 is 0. The minimum atomic E-state index is 0. The Morgan fingerprint density at radius 1 is 1.62 bits per heavy atom. The van der Waals surface area contributed by atoms with E-state index in [0.717, 1.165) is 0 Å². The number of hydrogen-bond donors (Lipinski definition) is 1. The third-order valence-electron chi connectivity index (χ3n) is 0.744. The molecule has 44 valence electrons. The van der Waals surface area contributed by atoms with Crippen molar-refractivity contribution >= 4 is 12.0 Å². The number of allylic oxidation sites excluding steroid dienone is 1. The van der Waals surface area contributed by atoms with Crippen LogP contribution < -0.4 is 6.15 Å². The molecule has 0 aliphatic carbocycles. The van der Waals surface area contributed by atoms with Gasteiger partial charge in [0, 0.05) is 18.8 Å². The molecule has 0 aromatic heterocycles. The van der Waals surface area contributed by atoms with Crippen LogP contribution in [0.2, 0.25) is 0 Å². The molecule has 0 radical (unpaired) electrons. The number of rotatable bonds is 0. The van der Waals surface area contributed by atoms with Gasteiger partial charge in [0.25, 0.3) is 0 Å². The highest BCUT2D eigenvalue weighted by Gasteiger charge is 1.93. The maximum atomic E-state index is 10.3. The van der Waals surface area contributed by atoms with E-state index in [-0.39, 0.29) is 11.9 Å². The van der Waals surface area contributed by atoms with Crippen LogP contribution in [0.1, 0.15) is 6.42 Å². The SMILES string of the molecule is N.O=C1C=CN=CC1. The maximum absolute atomic E-state index is 10.3. The van der Waals surface area contributed by atoms with Crippen LogP contribution in [0, 0.1) is 0 Å². The summed E-state index contributed by atoms with van der Waals surface area (Å²) in [6, 6.07) is 0. The van der Waals surface area contributed by atoms with Crippen LogP contribution >= 0.6 is 0 Å². The van der Waals surface area contributed by atoms with Gasteiger partial charge in [0.1, 0.15) is 0 Å². The predicted molar refractivity (Wildman–Crippen MR) is 32.3 cm³/mol. The van der Waals surface area contributed by atoms with E-state index in [0.29, 0.717) is 6.42 Å². The van der Waals surface area contributed by atoms with E-state index in [1.807, 2.05) is 0 Å². The molecule has 0 saturated carbocycles. The number of carbonyl (C=O) groups is 1. The first-order valence-electron chi connectivity index (χ1n) is 2.10. The zero-order valence-electron chi connectivity index (χ0n) is 4.50. The zero-order chi connectivity index (χ0) is 5.11. The number of nitrogens with zero attached hydrogens (tertiary/aromatic N) is 1. The van der Waals surface area contributed by atoms with Crippen LogP contribution in [-0.2, 0) is 4.79 Å². The fourth-order valence-electron chi connectivity index (χ4n) is 0.398. The molecule has 3 nitrogen and oxygen atoms in total. The van der Waals surface area contributed by atoms with Gasteiger partial charge in [-0.25, -0.2) is 0 Å². The topological polar surface area (TPSA) is 64.4 Å². The lowest BCUT2D eigenvalue weighted by atomic mass is 10.3. The fraction of sp³-hybridized carbons (Fsp3) is 0.200. The molecule has 0 spiro atoms. The Kier molecular flexibility index (Phi) is 2.72. The highest BCUT2D eigenvalue weighted by atomic mass is 16.1. The zero-order valence-corrected chi connectivity index (χ0v) is 4.50. The summed E-state index contributed by atoms with van der Waals surface area (Å²) in [4.78, 5) is 14.0. The van der Waals surface area contributed by atoms with Crippen LogP contribution in [0.15, 0.2) is 17.3 Å². The molecule has 0 unspecified atom stereocenters. The van der Waals surface area contributed by atoms with E-state index < -0.39 is 0 Å². The van der Waals surface area contributed by atoms with Crippen molar-refractivity contribution in [2.24, 2.45) is 4.99 Å². The van der Waals surface area contributed by atoms with Crippen molar-refractivity contribution in [2.75, 3.05) is 0 Å². The first-order valence-corrected chi connectivity index (χ1v) is 2.10. The lowest BCUT2D eigenvalue weighted by molar-refractivity contribution is -0.113. The fourth-order valence-corrected chi connectivity index (χ4v) is 0.398. The Hall–Kier alpha value is -0.960. The van der Waals surface area contributed by atoms with Gasteiger partial charge in [-0.2, -0.15) is 0 Å². The van der Waals surface area contributed by atoms with E-state index in [9.17, 15) is 4.79 Å². The van der Waals surface area contributed by atoms with Crippen molar-refractivity contribution in [3.05, 3.63) is 12.3 Å². The van der Waals surface area contributed by atoms with Crippen LogP contribution in [0.25, 0.3) is 0 Å². The Morgan fingerprint density at radius 2 is 2.38 bits per heavy atom. The molecular weight excluding hydrogens is 104 g/mol. The van der Waals surface area contributed by atoms with Crippen LogP contribution in [0.5, 0.6) is 0 Å². The van der Waals surface area contributed by atoms with Gasteiger partial charge in [-0.1, -0.05) is 0 Å². The molecule has 3 N–H and O–H groups in total. The summed E-state index contributed by atoms with van der Waals surface area (Å²) in [5.74, 6) is 0.134. The van der Waals surface area contributed by atoms with Crippen LogP contribution in [0.4, 0.5) is 0 Å². The molecule has 0 fully saturated rings. The highest BCUT2D eigenvalue weighted by molar-refractivity contribution is 6.00. The largest absolute Gasteiger partial charge is 0.344 e. The monoisotopic (exact) mass is 112 g/mol. The molecule has 1 rings (SSSR count). The first-order chi connectivity index (χ1) is 3.39. The maximum Gasteiger partial charge on any atom is 0.162 e. The van der Waals surface area contributed by atoms with E-state index in [1.54, 1.807) is 6.21 Å². The Bertz CT molecular complexity index is 137. The van der Waals surface area contributed by atoms with Gasteiger partial charge in [0.05, 0.1) is 0 Å². The minimum Gasteiger partial charge on any atom is -0.344 e. The third kappa shape index (κ3) is 1.66. The van der Waals surface area contributed by atoms with Gasteiger partial charge in [-0.15, -0.1) is 0 Å². The molecule has 0 aromatic carbocycles. The summed E-state index contributed by atoms with van der Waals surface area (Å²) in [7, 11) is 0. The molecule has 8 heavy (non-hydrogen) atoms. The highest BCUT2D eigenvalue weighted by Crippen LogP contribution is 1.88. The summed E-state index contributed by atoms with van der Waals surface area (Å²) in [5.41, 5.74) is 0. The second-order valence-electron chi connectivity index (χ2n) is 1.32. The summed E-state index contributed by atoms with van der Waals surface area (Å²) in [6.45, 7) is 0. The summed E-state index contributed by atoms with van der Waals surface area (Å²) in [6.07, 6.45) is 5.05. The molecular formula is C5H8N2O. The smallest absolute Gasteiger partial charge is 0.162 e. The average molecular weight is 112 g/mol. The quantitative estimate of drug-likeness (QED) is 0.501. The van der Waals surface area contributed by atoms with Crippen molar-refractivity contribution in [3.63, 3.8) is 0 Å². The summed E-state index contributed by atoms with van der Waals surface area (Å²) in [5, 5.41) is 0. The number of hydrogen-bond acceptors (Lipinski definition) is 3. The molecule has 0 amide bonds. The number of ketones is 1. The van der Waals surface area contributed by atoms with Crippen molar-refractivity contribution < 1.29 is 4.79 Å². The van der Waals surface area contributed by atoms with Crippen LogP contribution in [0.3, 0.4) is 0 Å².